The second-order valence-electron chi connectivity index (χ2n) is 7.02. The molecule has 5 heteroatoms. The molecule has 122 valence electrons. The van der Waals surface area contributed by atoms with Gasteiger partial charge >= 0.3 is 0 Å². The number of hydrogen-bond donors (Lipinski definition) is 1. The van der Waals surface area contributed by atoms with Gasteiger partial charge in [-0.25, -0.2) is 0 Å². The number of carbonyl (C=O) groups excluding carboxylic acids is 1. The van der Waals surface area contributed by atoms with E-state index < -0.39 is 0 Å². The summed E-state index contributed by atoms with van der Waals surface area (Å²) >= 11 is 3.54. The van der Waals surface area contributed by atoms with Crippen LogP contribution in [-0.4, -0.2) is 50.6 Å². The first kappa shape index (κ1) is 17.3. The number of hydrogen-bond acceptors (Lipinski definition) is 2. The SMILES string of the molecule is C[NH+]1CCN(C(=O)COc2ccc(C(C)(C)C)cc2Br)CC1. The van der Waals surface area contributed by atoms with Crippen LogP contribution in [0.2, 0.25) is 0 Å². The molecule has 1 aromatic rings. The molecule has 0 radical (unpaired) electrons. The molecule has 1 heterocycles. The van der Waals surface area contributed by atoms with E-state index in [9.17, 15) is 4.79 Å². The lowest BCUT2D eigenvalue weighted by Crippen LogP contribution is -3.12. The Morgan fingerprint density at radius 2 is 1.95 bits per heavy atom. The number of ether oxygens (including phenoxy) is 1. The number of nitrogens with zero attached hydrogens (tertiary/aromatic N) is 1. The average molecular weight is 370 g/mol. The number of nitrogens with one attached hydrogen (secondary N) is 1. The minimum Gasteiger partial charge on any atom is -0.483 e. The zero-order valence-corrected chi connectivity index (χ0v) is 15.5. The summed E-state index contributed by atoms with van der Waals surface area (Å²) in [6, 6.07) is 6.06. The summed E-state index contributed by atoms with van der Waals surface area (Å²) in [6.45, 7) is 10.3. The monoisotopic (exact) mass is 369 g/mol. The Hall–Kier alpha value is -1.07. The molecule has 0 aromatic heterocycles. The molecule has 1 aromatic carbocycles. The van der Waals surface area contributed by atoms with Crippen molar-refractivity contribution in [3.8, 4) is 5.75 Å². The second-order valence-corrected chi connectivity index (χ2v) is 7.88. The van der Waals surface area contributed by atoms with Crippen LogP contribution in [0.15, 0.2) is 22.7 Å². The van der Waals surface area contributed by atoms with Gasteiger partial charge < -0.3 is 14.5 Å². The number of amides is 1. The third-order valence-corrected chi connectivity index (χ3v) is 4.74. The molecule has 4 nitrogen and oxygen atoms in total. The summed E-state index contributed by atoms with van der Waals surface area (Å²) in [6.07, 6.45) is 0. The van der Waals surface area contributed by atoms with Crippen LogP contribution in [0.5, 0.6) is 5.75 Å². The summed E-state index contributed by atoms with van der Waals surface area (Å²) in [5.74, 6) is 0.792. The molecule has 0 unspecified atom stereocenters. The summed E-state index contributed by atoms with van der Waals surface area (Å²) in [4.78, 5) is 15.6. The molecular formula is C17H26BrN2O2+. The van der Waals surface area contributed by atoms with Crippen LogP contribution in [0.1, 0.15) is 26.3 Å². The zero-order valence-electron chi connectivity index (χ0n) is 13.9. The summed E-state index contributed by atoms with van der Waals surface area (Å²) in [5, 5.41) is 0. The molecule has 0 spiro atoms. The Morgan fingerprint density at radius 1 is 1.32 bits per heavy atom. The van der Waals surface area contributed by atoms with Gasteiger partial charge in [0.2, 0.25) is 0 Å². The van der Waals surface area contributed by atoms with Gasteiger partial charge in [0, 0.05) is 0 Å². The highest BCUT2D eigenvalue weighted by Crippen LogP contribution is 2.31. The molecule has 1 saturated heterocycles. The molecule has 1 amide bonds. The smallest absolute Gasteiger partial charge is 0.260 e. The van der Waals surface area contributed by atoms with E-state index in [-0.39, 0.29) is 17.9 Å². The minimum atomic E-state index is 0.0688. The van der Waals surface area contributed by atoms with Gasteiger partial charge in [0.1, 0.15) is 5.75 Å². The normalized spacial score (nSPS) is 16.7. The zero-order chi connectivity index (χ0) is 16.3. The third kappa shape index (κ3) is 4.46. The van der Waals surface area contributed by atoms with E-state index in [2.05, 4.69) is 55.9 Å². The highest BCUT2D eigenvalue weighted by molar-refractivity contribution is 9.10. The predicted octanol–water partition coefficient (Wildman–Crippen LogP) is 1.48. The first-order chi connectivity index (χ1) is 10.3. The van der Waals surface area contributed by atoms with E-state index >= 15 is 0 Å². The van der Waals surface area contributed by atoms with Gasteiger partial charge in [-0.05, 0) is 39.0 Å². The van der Waals surface area contributed by atoms with Gasteiger partial charge in [-0.15, -0.1) is 0 Å². The lowest BCUT2D eigenvalue weighted by molar-refractivity contribution is -0.883. The van der Waals surface area contributed by atoms with Crippen LogP contribution in [-0.2, 0) is 10.2 Å². The lowest BCUT2D eigenvalue weighted by Gasteiger charge is -2.30. The average Bonchev–Trinajstić information content (AvgIpc) is 2.45. The number of carbonyl (C=O) groups is 1. The fraction of sp³-hybridized carbons (Fsp3) is 0.588. The summed E-state index contributed by atoms with van der Waals surface area (Å²) < 4.78 is 6.60. The fourth-order valence-electron chi connectivity index (χ4n) is 2.45. The van der Waals surface area contributed by atoms with Gasteiger partial charge in [-0.2, -0.15) is 0 Å². The van der Waals surface area contributed by atoms with Gasteiger partial charge in [-0.3, -0.25) is 4.79 Å². The second kappa shape index (κ2) is 7.01. The standard InChI is InChI=1S/C17H25BrN2O2/c1-17(2,3)13-5-6-15(14(18)11-13)22-12-16(21)20-9-7-19(4)8-10-20/h5-6,11H,7-10,12H2,1-4H3/p+1. The molecule has 22 heavy (non-hydrogen) atoms. The predicted molar refractivity (Wildman–Crippen MR) is 91.5 cm³/mol. The van der Waals surface area contributed by atoms with E-state index in [1.807, 2.05) is 11.0 Å². The van der Waals surface area contributed by atoms with Crippen LogP contribution < -0.4 is 9.64 Å². The Kier molecular flexibility index (Phi) is 5.50. The van der Waals surface area contributed by atoms with Crippen molar-refractivity contribution in [3.63, 3.8) is 0 Å². The maximum atomic E-state index is 12.2. The summed E-state index contributed by atoms with van der Waals surface area (Å²) in [7, 11) is 2.16. The molecular weight excluding hydrogens is 344 g/mol. The van der Waals surface area contributed by atoms with Crippen LogP contribution in [0.4, 0.5) is 0 Å². The molecule has 0 bridgehead atoms. The number of likely N-dealkylation sites (N-methyl/N-ethyl adjacent to an activating group) is 1. The molecule has 1 fully saturated rings. The van der Waals surface area contributed by atoms with Gasteiger partial charge in [-0.1, -0.05) is 26.8 Å². The van der Waals surface area contributed by atoms with Crippen LogP contribution in [0, 0.1) is 0 Å². The molecule has 1 aliphatic rings. The first-order valence-electron chi connectivity index (χ1n) is 7.79. The van der Waals surface area contributed by atoms with Crippen molar-refractivity contribution in [3.05, 3.63) is 28.2 Å². The van der Waals surface area contributed by atoms with Crippen molar-refractivity contribution in [2.45, 2.75) is 26.2 Å². The van der Waals surface area contributed by atoms with E-state index in [1.165, 1.54) is 10.5 Å². The number of benzene rings is 1. The van der Waals surface area contributed by atoms with E-state index in [1.54, 1.807) is 0 Å². The maximum absolute atomic E-state index is 12.2. The van der Waals surface area contributed by atoms with Crippen molar-refractivity contribution in [2.75, 3.05) is 39.8 Å². The minimum absolute atomic E-state index is 0.0688. The highest BCUT2D eigenvalue weighted by atomic mass is 79.9. The van der Waals surface area contributed by atoms with Crippen molar-refractivity contribution in [1.29, 1.82) is 0 Å². The molecule has 0 atom stereocenters. The lowest BCUT2D eigenvalue weighted by atomic mass is 9.87. The van der Waals surface area contributed by atoms with Crippen molar-refractivity contribution in [1.82, 2.24) is 4.90 Å². The largest absolute Gasteiger partial charge is 0.483 e. The third-order valence-electron chi connectivity index (χ3n) is 4.12. The van der Waals surface area contributed by atoms with Crippen molar-refractivity contribution < 1.29 is 14.4 Å². The van der Waals surface area contributed by atoms with Crippen molar-refractivity contribution in [2.24, 2.45) is 0 Å². The maximum Gasteiger partial charge on any atom is 0.260 e. The van der Waals surface area contributed by atoms with Crippen LogP contribution >= 0.6 is 15.9 Å². The Balaban J connectivity index is 1.93. The quantitative estimate of drug-likeness (QED) is 0.875. The highest BCUT2D eigenvalue weighted by Gasteiger charge is 2.22. The van der Waals surface area contributed by atoms with Crippen molar-refractivity contribution >= 4 is 21.8 Å². The Morgan fingerprint density at radius 3 is 2.50 bits per heavy atom. The number of rotatable bonds is 3. The summed E-state index contributed by atoms with van der Waals surface area (Å²) in [5.41, 5.74) is 1.33. The van der Waals surface area contributed by atoms with E-state index in [0.29, 0.717) is 0 Å². The molecule has 2 rings (SSSR count). The van der Waals surface area contributed by atoms with Gasteiger partial charge in [0.25, 0.3) is 5.91 Å². The Labute approximate surface area is 141 Å². The van der Waals surface area contributed by atoms with Crippen LogP contribution in [0.25, 0.3) is 0 Å². The fourth-order valence-corrected chi connectivity index (χ4v) is 2.95. The number of quaternary nitrogens is 1. The topological polar surface area (TPSA) is 34.0 Å². The van der Waals surface area contributed by atoms with Gasteiger partial charge in [0.15, 0.2) is 6.61 Å². The first-order valence-corrected chi connectivity index (χ1v) is 8.58. The number of halogens is 1. The molecule has 1 N–H and O–H groups in total. The van der Waals surface area contributed by atoms with Crippen LogP contribution in [0.3, 0.4) is 0 Å². The Bertz CT molecular complexity index is 532. The van der Waals surface area contributed by atoms with Gasteiger partial charge in [0.05, 0.1) is 37.7 Å². The molecule has 0 saturated carbocycles. The van der Waals surface area contributed by atoms with E-state index in [4.69, 9.17) is 4.74 Å². The molecule has 1 aliphatic heterocycles. The van der Waals surface area contributed by atoms with E-state index in [0.717, 1.165) is 36.4 Å². The molecule has 0 aliphatic carbocycles. The number of piperazine rings is 1.